The Bertz CT molecular complexity index is 773. The fourth-order valence-corrected chi connectivity index (χ4v) is 3.29. The molecule has 2 aromatic heterocycles. The Hall–Kier alpha value is -1.83. The molecule has 0 spiro atoms. The van der Waals surface area contributed by atoms with Gasteiger partial charge in [0.05, 0.1) is 5.75 Å². The number of aromatic nitrogens is 3. The molecule has 1 N–H and O–H groups in total. The molecule has 0 fully saturated rings. The molecule has 2 heterocycles. The van der Waals surface area contributed by atoms with Gasteiger partial charge in [0.25, 0.3) is 0 Å². The number of carbonyl (C=O) groups is 1. The maximum atomic E-state index is 11.9. The number of anilines is 1. The number of imidazole rings is 1. The van der Waals surface area contributed by atoms with Crippen molar-refractivity contribution in [3.05, 3.63) is 53.3 Å². The van der Waals surface area contributed by atoms with E-state index in [2.05, 4.69) is 15.3 Å². The van der Waals surface area contributed by atoms with Crippen LogP contribution >= 0.6 is 34.7 Å². The minimum absolute atomic E-state index is 0.111. The molecule has 3 rings (SSSR count). The fourth-order valence-electron chi connectivity index (χ4n) is 1.79. The van der Waals surface area contributed by atoms with Crippen LogP contribution in [0.1, 0.15) is 0 Å². The van der Waals surface area contributed by atoms with Gasteiger partial charge in [0.1, 0.15) is 0 Å². The number of amides is 1. The first-order chi connectivity index (χ1) is 10.7. The van der Waals surface area contributed by atoms with Crippen molar-refractivity contribution in [3.63, 3.8) is 0 Å². The lowest BCUT2D eigenvalue weighted by Gasteiger charge is -2.07. The van der Waals surface area contributed by atoms with E-state index in [-0.39, 0.29) is 11.7 Å². The number of hydrogen-bond acceptors (Lipinski definition) is 5. The number of carbonyl (C=O) groups excluding carboxylic acids is 1. The number of hydrogen-bond donors (Lipinski definition) is 1. The summed E-state index contributed by atoms with van der Waals surface area (Å²) in [6.07, 6.45) is 5.19. The van der Waals surface area contributed by atoms with Gasteiger partial charge in [-0.15, -0.1) is 11.3 Å². The van der Waals surface area contributed by atoms with Gasteiger partial charge in [0.2, 0.25) is 5.91 Å². The third kappa shape index (κ3) is 3.68. The normalized spacial score (nSPS) is 10.6. The summed E-state index contributed by atoms with van der Waals surface area (Å²) in [5, 5.41) is 6.55. The van der Waals surface area contributed by atoms with Gasteiger partial charge in [0, 0.05) is 34.7 Å². The molecule has 1 amide bonds. The van der Waals surface area contributed by atoms with E-state index >= 15 is 0 Å². The van der Waals surface area contributed by atoms with E-state index in [1.807, 2.05) is 40.4 Å². The summed E-state index contributed by atoms with van der Waals surface area (Å²) in [6, 6.07) is 7.48. The third-order valence-electron chi connectivity index (χ3n) is 2.70. The molecule has 5 nitrogen and oxygen atoms in total. The van der Waals surface area contributed by atoms with Crippen LogP contribution < -0.4 is 5.32 Å². The van der Waals surface area contributed by atoms with E-state index in [1.165, 1.54) is 23.1 Å². The number of benzene rings is 1. The minimum atomic E-state index is -0.111. The second kappa shape index (κ2) is 6.95. The van der Waals surface area contributed by atoms with E-state index in [0.29, 0.717) is 10.2 Å². The van der Waals surface area contributed by atoms with E-state index < -0.39 is 0 Å². The molecule has 1 aromatic carbocycles. The van der Waals surface area contributed by atoms with Crippen molar-refractivity contribution in [1.29, 1.82) is 0 Å². The molecule has 0 atom stereocenters. The SMILES string of the molecule is O=C(CSc1nccn1-c1cccc(Cl)c1)Nc1nccs1. The minimum Gasteiger partial charge on any atom is -0.301 e. The highest BCUT2D eigenvalue weighted by atomic mass is 35.5. The summed E-state index contributed by atoms with van der Waals surface area (Å²) in [7, 11) is 0. The lowest BCUT2D eigenvalue weighted by atomic mass is 10.3. The molecule has 112 valence electrons. The molecule has 0 radical (unpaired) electrons. The first-order valence-corrected chi connectivity index (χ1v) is 8.58. The van der Waals surface area contributed by atoms with Crippen molar-refractivity contribution in [2.75, 3.05) is 11.1 Å². The summed E-state index contributed by atoms with van der Waals surface area (Å²) in [4.78, 5) is 20.2. The molecule has 8 heteroatoms. The Labute approximate surface area is 140 Å². The Morgan fingerprint density at radius 3 is 3.05 bits per heavy atom. The summed E-state index contributed by atoms with van der Waals surface area (Å²) in [5.74, 6) is 0.151. The maximum Gasteiger partial charge on any atom is 0.236 e. The fraction of sp³-hybridized carbons (Fsp3) is 0.0714. The van der Waals surface area contributed by atoms with Crippen molar-refractivity contribution < 1.29 is 4.79 Å². The Morgan fingerprint density at radius 2 is 2.27 bits per heavy atom. The van der Waals surface area contributed by atoms with Gasteiger partial charge in [-0.3, -0.25) is 9.36 Å². The zero-order valence-corrected chi connectivity index (χ0v) is 13.7. The average Bonchev–Trinajstić information content (AvgIpc) is 3.16. The zero-order chi connectivity index (χ0) is 15.4. The number of nitrogens with zero attached hydrogens (tertiary/aromatic N) is 3. The topological polar surface area (TPSA) is 59.8 Å². The number of nitrogens with one attached hydrogen (secondary N) is 1. The first kappa shape index (κ1) is 15.1. The van der Waals surface area contributed by atoms with Crippen LogP contribution in [0.25, 0.3) is 5.69 Å². The molecule has 0 unspecified atom stereocenters. The first-order valence-electron chi connectivity index (χ1n) is 6.34. The Morgan fingerprint density at radius 1 is 1.36 bits per heavy atom. The van der Waals surface area contributed by atoms with Gasteiger partial charge in [-0.2, -0.15) is 0 Å². The van der Waals surface area contributed by atoms with E-state index in [4.69, 9.17) is 11.6 Å². The highest BCUT2D eigenvalue weighted by Crippen LogP contribution is 2.22. The van der Waals surface area contributed by atoms with Gasteiger partial charge >= 0.3 is 0 Å². The molecule has 0 saturated carbocycles. The maximum absolute atomic E-state index is 11.9. The zero-order valence-electron chi connectivity index (χ0n) is 11.3. The van der Waals surface area contributed by atoms with E-state index in [0.717, 1.165) is 10.8 Å². The van der Waals surface area contributed by atoms with Gasteiger partial charge < -0.3 is 5.32 Å². The molecule has 0 aliphatic heterocycles. The van der Waals surface area contributed by atoms with Gasteiger partial charge in [0.15, 0.2) is 10.3 Å². The second-order valence-corrected chi connectivity index (χ2v) is 6.51. The summed E-state index contributed by atoms with van der Waals surface area (Å²) in [6.45, 7) is 0. The lowest BCUT2D eigenvalue weighted by Crippen LogP contribution is -2.14. The van der Waals surface area contributed by atoms with E-state index in [1.54, 1.807) is 12.4 Å². The largest absolute Gasteiger partial charge is 0.301 e. The molecular weight excluding hydrogens is 340 g/mol. The molecular formula is C14H11ClN4OS2. The van der Waals surface area contributed by atoms with E-state index in [9.17, 15) is 4.79 Å². The Kier molecular flexibility index (Phi) is 4.77. The summed E-state index contributed by atoms with van der Waals surface area (Å²) in [5.41, 5.74) is 0.910. The predicted octanol–water partition coefficient (Wildman–Crippen LogP) is 3.71. The highest BCUT2D eigenvalue weighted by molar-refractivity contribution is 7.99. The predicted molar refractivity (Wildman–Crippen MR) is 90.0 cm³/mol. The highest BCUT2D eigenvalue weighted by Gasteiger charge is 2.10. The molecule has 0 bridgehead atoms. The van der Waals surface area contributed by atoms with Crippen LogP contribution in [0.5, 0.6) is 0 Å². The monoisotopic (exact) mass is 350 g/mol. The average molecular weight is 351 g/mol. The quantitative estimate of drug-likeness (QED) is 0.712. The molecule has 0 aliphatic carbocycles. The van der Waals surface area contributed by atoms with Crippen molar-refractivity contribution in [3.8, 4) is 5.69 Å². The van der Waals surface area contributed by atoms with Crippen LogP contribution in [-0.2, 0) is 4.79 Å². The Balaban J connectivity index is 1.66. The van der Waals surface area contributed by atoms with Crippen molar-refractivity contribution in [2.24, 2.45) is 0 Å². The van der Waals surface area contributed by atoms with Crippen molar-refractivity contribution >= 4 is 45.7 Å². The van der Waals surface area contributed by atoms with Gasteiger partial charge in [-0.05, 0) is 18.2 Å². The van der Waals surface area contributed by atoms with Crippen LogP contribution in [0.2, 0.25) is 5.02 Å². The van der Waals surface area contributed by atoms with Crippen LogP contribution in [0.4, 0.5) is 5.13 Å². The smallest absolute Gasteiger partial charge is 0.236 e. The van der Waals surface area contributed by atoms with Gasteiger partial charge in [-0.1, -0.05) is 29.4 Å². The number of thiazole rings is 1. The second-order valence-electron chi connectivity index (χ2n) is 4.23. The molecule has 3 aromatic rings. The van der Waals surface area contributed by atoms with Gasteiger partial charge in [-0.25, -0.2) is 9.97 Å². The van der Waals surface area contributed by atoms with Crippen LogP contribution in [-0.4, -0.2) is 26.2 Å². The van der Waals surface area contributed by atoms with Crippen molar-refractivity contribution in [1.82, 2.24) is 14.5 Å². The molecule has 0 aliphatic rings. The standard InChI is InChI=1S/C14H11ClN4OS2/c15-10-2-1-3-11(8-10)19-6-4-17-14(19)22-9-12(20)18-13-16-5-7-21-13/h1-8H,9H2,(H,16,18,20). The number of rotatable bonds is 5. The lowest BCUT2D eigenvalue weighted by molar-refractivity contribution is -0.113. The molecule has 22 heavy (non-hydrogen) atoms. The number of halogens is 1. The molecule has 0 saturated heterocycles. The third-order valence-corrected chi connectivity index (χ3v) is 4.59. The van der Waals surface area contributed by atoms with Crippen LogP contribution in [0, 0.1) is 0 Å². The summed E-state index contributed by atoms with van der Waals surface area (Å²) < 4.78 is 1.90. The van der Waals surface area contributed by atoms with Crippen molar-refractivity contribution in [2.45, 2.75) is 5.16 Å². The number of thioether (sulfide) groups is 1. The summed E-state index contributed by atoms with van der Waals surface area (Å²) >= 11 is 8.76. The van der Waals surface area contributed by atoms with Crippen LogP contribution in [0.15, 0.2) is 53.4 Å². The van der Waals surface area contributed by atoms with Crippen LogP contribution in [0.3, 0.4) is 0 Å².